The third-order valence-electron chi connectivity index (χ3n) is 12.0. The van der Waals surface area contributed by atoms with E-state index in [1.54, 1.807) is 24.3 Å². The molecule has 2 amide bonds. The predicted octanol–water partition coefficient (Wildman–Crippen LogP) is 6.07. The van der Waals surface area contributed by atoms with E-state index in [1.807, 2.05) is 33.0 Å². The normalized spacial score (nSPS) is 19.3. The molecule has 2 atom stereocenters. The molecule has 2 fully saturated rings. The van der Waals surface area contributed by atoms with Gasteiger partial charge in [-0.05, 0) is 131 Å². The zero-order valence-corrected chi connectivity index (χ0v) is 34.1. The van der Waals surface area contributed by atoms with E-state index in [1.165, 1.54) is 35.4 Å². The molecule has 2 aromatic carbocycles. The molecule has 0 bridgehead atoms. The molecule has 2 saturated heterocycles. The summed E-state index contributed by atoms with van der Waals surface area (Å²) < 4.78 is 30.3. The first-order valence-corrected chi connectivity index (χ1v) is 20.1. The minimum Gasteiger partial charge on any atom is -0.336 e. The maximum absolute atomic E-state index is 13.2. The highest BCUT2D eigenvalue weighted by Crippen LogP contribution is 2.28. The molecule has 8 rings (SSSR count). The van der Waals surface area contributed by atoms with E-state index in [4.69, 9.17) is 5.10 Å². The third kappa shape index (κ3) is 9.87. The van der Waals surface area contributed by atoms with E-state index in [-0.39, 0.29) is 35.9 Å². The molecule has 10 nitrogen and oxygen atoms in total. The second kappa shape index (κ2) is 18.4. The number of aryl methyl sites for hydroxylation is 2. The van der Waals surface area contributed by atoms with Crippen molar-refractivity contribution >= 4 is 24.2 Å². The van der Waals surface area contributed by atoms with Gasteiger partial charge in [-0.2, -0.15) is 10.2 Å². The molecule has 0 radical (unpaired) electrons. The highest BCUT2D eigenvalue weighted by Gasteiger charge is 2.31. The van der Waals surface area contributed by atoms with E-state index in [0.717, 1.165) is 98.9 Å². The SMILES string of the molecule is Cc1nn(Cc2ccc(F)cc2)c2c1CCN(C(=O)CC1CCN(C(C)C)C1)C2.Cc1nn(Cc2ccc(F)cc2)c2c1CCN(C(=O)CC1CCNC1)C2.Cl. The average Bonchev–Trinajstić information content (AvgIpc) is 3.99. The van der Waals surface area contributed by atoms with Gasteiger partial charge in [0.15, 0.2) is 0 Å². The van der Waals surface area contributed by atoms with Gasteiger partial charge in [-0.1, -0.05) is 24.3 Å². The second-order valence-electron chi connectivity index (χ2n) is 16.2. The van der Waals surface area contributed by atoms with Gasteiger partial charge >= 0.3 is 0 Å². The van der Waals surface area contributed by atoms with Crippen molar-refractivity contribution in [3.05, 3.63) is 105 Å². The Bertz CT molecular complexity index is 1960. The van der Waals surface area contributed by atoms with Gasteiger partial charge in [0.2, 0.25) is 11.8 Å². The number of benzene rings is 2. The van der Waals surface area contributed by atoms with Crippen LogP contribution in [-0.4, -0.2) is 91.4 Å². The lowest BCUT2D eigenvalue weighted by Crippen LogP contribution is -2.38. The van der Waals surface area contributed by atoms with E-state index in [0.29, 0.717) is 56.9 Å². The van der Waals surface area contributed by atoms with E-state index < -0.39 is 0 Å². The highest BCUT2D eigenvalue weighted by atomic mass is 35.5. The van der Waals surface area contributed by atoms with Crippen molar-refractivity contribution in [3.8, 4) is 0 Å². The number of carbonyl (C=O) groups is 2. The molecular formula is C43H57ClF2N8O2. The summed E-state index contributed by atoms with van der Waals surface area (Å²) in [5, 5.41) is 12.7. The average molecular weight is 791 g/mol. The van der Waals surface area contributed by atoms with Crippen LogP contribution in [0.25, 0.3) is 0 Å². The molecule has 0 spiro atoms. The summed E-state index contributed by atoms with van der Waals surface area (Å²) in [6.07, 6.45) is 5.20. The Morgan fingerprint density at radius 1 is 0.732 bits per heavy atom. The van der Waals surface area contributed by atoms with Crippen LogP contribution in [0.3, 0.4) is 0 Å². The fourth-order valence-electron chi connectivity index (χ4n) is 8.70. The number of aromatic nitrogens is 4. The molecule has 4 aliphatic heterocycles. The molecule has 2 unspecified atom stereocenters. The monoisotopic (exact) mass is 790 g/mol. The van der Waals surface area contributed by atoms with Crippen LogP contribution in [0, 0.1) is 37.3 Å². The highest BCUT2D eigenvalue weighted by molar-refractivity contribution is 5.85. The number of halogens is 3. The Hall–Kier alpha value is -4.13. The van der Waals surface area contributed by atoms with Crippen LogP contribution in [0.4, 0.5) is 8.78 Å². The van der Waals surface area contributed by atoms with Gasteiger partial charge in [-0.25, -0.2) is 8.78 Å². The summed E-state index contributed by atoms with van der Waals surface area (Å²) in [6.45, 7) is 16.6. The van der Waals surface area contributed by atoms with Gasteiger partial charge in [0.1, 0.15) is 11.6 Å². The number of hydrogen-bond donors (Lipinski definition) is 1. The van der Waals surface area contributed by atoms with Crippen LogP contribution in [-0.2, 0) is 48.6 Å². The van der Waals surface area contributed by atoms with Crippen molar-refractivity contribution in [2.24, 2.45) is 11.8 Å². The number of likely N-dealkylation sites (tertiary alicyclic amines) is 1. The van der Waals surface area contributed by atoms with Gasteiger partial charge in [0.25, 0.3) is 0 Å². The zero-order valence-electron chi connectivity index (χ0n) is 33.3. The third-order valence-corrected chi connectivity index (χ3v) is 12.0. The van der Waals surface area contributed by atoms with Gasteiger partial charge in [0.05, 0.1) is 49.0 Å². The summed E-state index contributed by atoms with van der Waals surface area (Å²) in [5.74, 6) is 0.986. The molecule has 1 N–H and O–H groups in total. The largest absolute Gasteiger partial charge is 0.336 e. The first-order chi connectivity index (χ1) is 26.5. The topological polar surface area (TPSA) is 91.5 Å². The maximum Gasteiger partial charge on any atom is 0.223 e. The minimum atomic E-state index is -0.231. The van der Waals surface area contributed by atoms with Crippen molar-refractivity contribution < 1.29 is 18.4 Å². The number of carbonyl (C=O) groups excluding carboxylic acids is 2. The molecule has 13 heteroatoms. The van der Waals surface area contributed by atoms with Crippen LogP contribution in [0.2, 0.25) is 0 Å². The Morgan fingerprint density at radius 3 is 1.64 bits per heavy atom. The lowest BCUT2D eigenvalue weighted by Gasteiger charge is -2.29. The van der Waals surface area contributed by atoms with Crippen molar-refractivity contribution in [3.63, 3.8) is 0 Å². The standard InChI is InChI=1S/C23H31FN4O.C20H25FN4O.ClH/c1-16(2)26-10-8-19(13-26)12-23(29)27-11-9-21-17(3)25-28(22(21)15-27)14-18-4-6-20(24)7-5-18;1-14-18-7-9-24(20(26)10-16-6-8-22-11-16)13-19(18)25(23-14)12-15-2-4-17(21)5-3-15;/h4-7,16,19H,8-15H2,1-3H3;2-5,16,22H,6-13H2,1H3;1H. The van der Waals surface area contributed by atoms with Gasteiger partial charge in [0, 0.05) is 38.5 Å². The van der Waals surface area contributed by atoms with E-state index in [9.17, 15) is 18.4 Å². The van der Waals surface area contributed by atoms with E-state index in [2.05, 4.69) is 29.2 Å². The minimum absolute atomic E-state index is 0. The number of nitrogens with zero attached hydrogens (tertiary/aromatic N) is 7. The number of amides is 2. The summed E-state index contributed by atoms with van der Waals surface area (Å²) in [6, 6.07) is 13.6. The smallest absolute Gasteiger partial charge is 0.223 e. The molecule has 6 heterocycles. The fourth-order valence-corrected chi connectivity index (χ4v) is 8.70. The van der Waals surface area contributed by atoms with Crippen LogP contribution >= 0.6 is 12.4 Å². The van der Waals surface area contributed by atoms with E-state index >= 15 is 0 Å². The van der Waals surface area contributed by atoms with Crippen molar-refractivity contribution in [1.82, 2.24) is 39.6 Å². The predicted molar refractivity (Wildman–Crippen MR) is 215 cm³/mol. The Morgan fingerprint density at radius 2 is 1.21 bits per heavy atom. The lowest BCUT2D eigenvalue weighted by molar-refractivity contribution is -0.134. The van der Waals surface area contributed by atoms with Crippen molar-refractivity contribution in [2.75, 3.05) is 39.3 Å². The maximum atomic E-state index is 13.2. The molecular weight excluding hydrogens is 734 g/mol. The zero-order chi connectivity index (χ0) is 38.6. The summed E-state index contributed by atoms with van der Waals surface area (Å²) in [5.41, 5.74) is 8.88. The second-order valence-corrected chi connectivity index (χ2v) is 16.2. The molecule has 2 aromatic heterocycles. The first-order valence-electron chi connectivity index (χ1n) is 20.1. The molecule has 4 aromatic rings. The van der Waals surface area contributed by atoms with Gasteiger partial charge in [-0.3, -0.25) is 19.0 Å². The van der Waals surface area contributed by atoms with Gasteiger partial charge < -0.3 is 20.0 Å². The molecule has 56 heavy (non-hydrogen) atoms. The van der Waals surface area contributed by atoms with Crippen LogP contribution in [0.15, 0.2) is 48.5 Å². The quantitative estimate of drug-likeness (QED) is 0.222. The Balaban J connectivity index is 0.000000188. The number of fused-ring (bicyclic) bond motifs is 2. The van der Waals surface area contributed by atoms with Crippen LogP contribution in [0.5, 0.6) is 0 Å². The molecule has 4 aliphatic rings. The summed E-state index contributed by atoms with van der Waals surface area (Å²) in [7, 11) is 0. The summed E-state index contributed by atoms with van der Waals surface area (Å²) >= 11 is 0. The van der Waals surface area contributed by atoms with Crippen LogP contribution in [0.1, 0.15) is 84.6 Å². The number of nitrogens with one attached hydrogen (secondary N) is 1. The molecule has 0 saturated carbocycles. The number of hydrogen-bond acceptors (Lipinski definition) is 6. The molecule has 0 aliphatic carbocycles. The molecule has 302 valence electrons. The van der Waals surface area contributed by atoms with Crippen molar-refractivity contribution in [1.29, 1.82) is 0 Å². The van der Waals surface area contributed by atoms with Gasteiger partial charge in [-0.15, -0.1) is 12.4 Å². The Kier molecular flexibility index (Phi) is 13.7. The Labute approximate surface area is 336 Å². The van der Waals surface area contributed by atoms with Crippen LogP contribution < -0.4 is 5.32 Å². The lowest BCUT2D eigenvalue weighted by atomic mass is 10.0. The first kappa shape index (κ1) is 41.5. The van der Waals surface area contributed by atoms with Crippen molar-refractivity contribution in [2.45, 2.75) is 98.4 Å². The summed E-state index contributed by atoms with van der Waals surface area (Å²) in [4.78, 5) is 32.1. The fraction of sp³-hybridized carbons (Fsp3) is 0.535. The number of rotatable bonds is 9.